The van der Waals surface area contributed by atoms with Crippen molar-refractivity contribution in [3.63, 3.8) is 0 Å². The average Bonchev–Trinajstić information content (AvgIpc) is 2.47. The van der Waals surface area contributed by atoms with Crippen LogP contribution in [-0.2, 0) is 0 Å². The van der Waals surface area contributed by atoms with Gasteiger partial charge in [-0.1, -0.05) is 6.42 Å². The van der Waals surface area contributed by atoms with Crippen LogP contribution in [0.25, 0.3) is 0 Å². The number of rotatable bonds is 2. The molecule has 102 valence electrons. The van der Waals surface area contributed by atoms with E-state index >= 15 is 0 Å². The Kier molecular flexibility index (Phi) is 3.56. The third-order valence-electron chi connectivity index (χ3n) is 4.55. The molecular weight excluding hydrogens is 236 g/mol. The molecule has 2 heterocycles. The number of hydrogen-bond acceptors (Lipinski definition) is 3. The molecule has 0 radical (unpaired) electrons. The van der Waals surface area contributed by atoms with Crippen molar-refractivity contribution in [3.05, 3.63) is 29.8 Å². The number of carbonyl (C=O) groups is 1. The first-order chi connectivity index (χ1) is 9.28. The Balaban J connectivity index is 1.77. The van der Waals surface area contributed by atoms with E-state index in [1.165, 1.54) is 38.0 Å². The van der Waals surface area contributed by atoms with Gasteiger partial charge in [0.25, 0.3) is 0 Å². The lowest BCUT2D eigenvalue weighted by atomic mass is 9.96. The Morgan fingerprint density at radius 1 is 1.16 bits per heavy atom. The molecule has 3 heteroatoms. The van der Waals surface area contributed by atoms with Crippen LogP contribution in [0.1, 0.15) is 36.5 Å². The van der Waals surface area contributed by atoms with Gasteiger partial charge in [0.15, 0.2) is 0 Å². The molecule has 2 aliphatic rings. The van der Waals surface area contributed by atoms with Gasteiger partial charge in [0, 0.05) is 36.4 Å². The number of anilines is 1. The zero-order chi connectivity index (χ0) is 13.2. The van der Waals surface area contributed by atoms with Gasteiger partial charge in [-0.15, -0.1) is 0 Å². The maximum Gasteiger partial charge on any atom is 0.150 e. The van der Waals surface area contributed by atoms with Gasteiger partial charge in [-0.3, -0.25) is 9.69 Å². The maximum atomic E-state index is 10.7. The minimum absolute atomic E-state index is 0.552. The minimum Gasteiger partial charge on any atom is -0.366 e. The highest BCUT2D eigenvalue weighted by atomic mass is 16.1. The molecule has 1 aromatic rings. The molecule has 2 aliphatic heterocycles. The lowest BCUT2D eigenvalue weighted by Gasteiger charge is -2.48. The van der Waals surface area contributed by atoms with Gasteiger partial charge in [-0.25, -0.2) is 0 Å². The Hall–Kier alpha value is -1.35. The van der Waals surface area contributed by atoms with Crippen LogP contribution in [0.3, 0.4) is 0 Å². The van der Waals surface area contributed by atoms with E-state index in [-0.39, 0.29) is 0 Å². The monoisotopic (exact) mass is 258 g/mol. The highest BCUT2D eigenvalue weighted by Gasteiger charge is 2.32. The van der Waals surface area contributed by atoms with Crippen LogP contribution in [0, 0.1) is 0 Å². The van der Waals surface area contributed by atoms with Crippen molar-refractivity contribution >= 4 is 12.0 Å². The molecule has 3 nitrogen and oxygen atoms in total. The molecule has 2 saturated heterocycles. The molecular formula is C16H22N2O. The number of fused-ring (bicyclic) bond motifs is 1. The standard InChI is InChI=1S/C16H22N2O/c1-13-10-17-9-3-2-4-16(17)11-18(13)15-7-5-14(12-19)6-8-15/h5-8,12-13,16H,2-4,9-11H2,1H3. The van der Waals surface area contributed by atoms with Gasteiger partial charge >= 0.3 is 0 Å². The van der Waals surface area contributed by atoms with Gasteiger partial charge in [-0.05, 0) is 50.6 Å². The van der Waals surface area contributed by atoms with E-state index < -0.39 is 0 Å². The summed E-state index contributed by atoms with van der Waals surface area (Å²) in [4.78, 5) is 15.9. The summed E-state index contributed by atoms with van der Waals surface area (Å²) in [5.41, 5.74) is 2.01. The van der Waals surface area contributed by atoms with Gasteiger partial charge < -0.3 is 4.90 Å². The van der Waals surface area contributed by atoms with Gasteiger partial charge in [-0.2, -0.15) is 0 Å². The lowest BCUT2D eigenvalue weighted by molar-refractivity contribution is 0.112. The summed E-state index contributed by atoms with van der Waals surface area (Å²) in [5.74, 6) is 0. The number of hydrogen-bond donors (Lipinski definition) is 0. The summed E-state index contributed by atoms with van der Waals surface area (Å²) in [6.07, 6.45) is 4.96. The van der Waals surface area contributed by atoms with E-state index in [1.54, 1.807) is 0 Å². The van der Waals surface area contributed by atoms with Crippen molar-refractivity contribution < 1.29 is 4.79 Å². The van der Waals surface area contributed by atoms with Crippen molar-refractivity contribution in [3.8, 4) is 0 Å². The second-order valence-corrected chi connectivity index (χ2v) is 5.86. The van der Waals surface area contributed by atoms with Gasteiger partial charge in [0.2, 0.25) is 0 Å². The molecule has 2 unspecified atom stereocenters. The zero-order valence-electron chi connectivity index (χ0n) is 11.6. The summed E-state index contributed by atoms with van der Waals surface area (Å²) in [7, 11) is 0. The predicted molar refractivity (Wildman–Crippen MR) is 77.8 cm³/mol. The van der Waals surface area contributed by atoms with Crippen molar-refractivity contribution in [1.29, 1.82) is 0 Å². The van der Waals surface area contributed by atoms with Crippen LogP contribution in [0.2, 0.25) is 0 Å². The van der Waals surface area contributed by atoms with Crippen molar-refractivity contribution in [2.75, 3.05) is 24.5 Å². The number of piperidine rings is 1. The van der Waals surface area contributed by atoms with Crippen LogP contribution < -0.4 is 4.90 Å². The maximum absolute atomic E-state index is 10.7. The third kappa shape index (κ3) is 2.52. The Bertz CT molecular complexity index is 443. The third-order valence-corrected chi connectivity index (χ3v) is 4.55. The number of carbonyl (C=O) groups excluding carboxylic acids is 1. The summed E-state index contributed by atoms with van der Waals surface area (Å²) in [5, 5.41) is 0. The molecule has 19 heavy (non-hydrogen) atoms. The molecule has 0 aliphatic carbocycles. The van der Waals surface area contributed by atoms with Crippen molar-refractivity contribution in [2.45, 2.75) is 38.3 Å². The van der Waals surface area contributed by atoms with Crippen LogP contribution in [-0.4, -0.2) is 42.9 Å². The Morgan fingerprint density at radius 3 is 2.68 bits per heavy atom. The molecule has 0 N–H and O–H groups in total. The largest absolute Gasteiger partial charge is 0.366 e. The molecule has 0 spiro atoms. The second-order valence-electron chi connectivity index (χ2n) is 5.86. The summed E-state index contributed by atoms with van der Waals surface area (Å²) in [6.45, 7) is 5.87. The predicted octanol–water partition coefficient (Wildman–Crippen LogP) is 2.56. The first kappa shape index (κ1) is 12.7. The number of piperazine rings is 1. The molecule has 3 rings (SSSR count). The highest BCUT2D eigenvalue weighted by Crippen LogP contribution is 2.28. The second kappa shape index (κ2) is 5.33. The van der Waals surface area contributed by atoms with Crippen molar-refractivity contribution in [2.24, 2.45) is 0 Å². The quantitative estimate of drug-likeness (QED) is 0.762. The van der Waals surface area contributed by atoms with Crippen LogP contribution in [0.4, 0.5) is 5.69 Å². The van der Waals surface area contributed by atoms with Gasteiger partial charge in [0.05, 0.1) is 0 Å². The van der Waals surface area contributed by atoms with E-state index in [2.05, 4.69) is 28.9 Å². The van der Waals surface area contributed by atoms with E-state index in [4.69, 9.17) is 0 Å². The SMILES string of the molecule is CC1CN2CCCCC2CN1c1ccc(C=O)cc1. The molecule has 2 atom stereocenters. The van der Waals surface area contributed by atoms with E-state index in [1.807, 2.05) is 12.1 Å². The van der Waals surface area contributed by atoms with E-state index in [9.17, 15) is 4.79 Å². The number of aldehydes is 1. The number of nitrogens with zero attached hydrogens (tertiary/aromatic N) is 2. The Morgan fingerprint density at radius 2 is 1.95 bits per heavy atom. The van der Waals surface area contributed by atoms with Crippen LogP contribution in [0.5, 0.6) is 0 Å². The van der Waals surface area contributed by atoms with E-state index in [0.717, 1.165) is 24.4 Å². The summed E-state index contributed by atoms with van der Waals surface area (Å²) in [6, 6.07) is 9.27. The molecule has 0 saturated carbocycles. The molecule has 2 fully saturated rings. The fraction of sp³-hybridized carbons (Fsp3) is 0.562. The first-order valence-corrected chi connectivity index (χ1v) is 7.34. The normalized spacial score (nSPS) is 27.9. The molecule has 1 aromatic carbocycles. The Labute approximate surface area is 115 Å². The molecule has 0 aromatic heterocycles. The summed E-state index contributed by atoms with van der Waals surface area (Å²) >= 11 is 0. The van der Waals surface area contributed by atoms with E-state index in [0.29, 0.717) is 6.04 Å². The molecule has 0 amide bonds. The minimum atomic E-state index is 0.552. The molecule has 0 bridgehead atoms. The van der Waals surface area contributed by atoms with Gasteiger partial charge in [0.1, 0.15) is 6.29 Å². The lowest BCUT2D eigenvalue weighted by Crippen LogP contribution is -2.58. The average molecular weight is 258 g/mol. The first-order valence-electron chi connectivity index (χ1n) is 7.34. The smallest absolute Gasteiger partial charge is 0.150 e. The number of benzene rings is 1. The summed E-state index contributed by atoms with van der Waals surface area (Å²) < 4.78 is 0. The fourth-order valence-corrected chi connectivity index (χ4v) is 3.46. The van der Waals surface area contributed by atoms with Crippen LogP contribution in [0.15, 0.2) is 24.3 Å². The zero-order valence-corrected chi connectivity index (χ0v) is 11.6. The van der Waals surface area contributed by atoms with Crippen LogP contribution >= 0.6 is 0 Å². The van der Waals surface area contributed by atoms with Crippen molar-refractivity contribution in [1.82, 2.24) is 4.90 Å². The highest BCUT2D eigenvalue weighted by molar-refractivity contribution is 5.75. The topological polar surface area (TPSA) is 23.6 Å². The fourth-order valence-electron chi connectivity index (χ4n) is 3.46.